The third-order valence-corrected chi connectivity index (χ3v) is 4.78. The van der Waals surface area contributed by atoms with Gasteiger partial charge in [0.05, 0.1) is 5.69 Å². The third kappa shape index (κ3) is 2.73. The fourth-order valence-corrected chi connectivity index (χ4v) is 2.89. The molecule has 1 amide bonds. The van der Waals surface area contributed by atoms with Crippen molar-refractivity contribution in [3.8, 4) is 5.75 Å². The number of amides is 1. The van der Waals surface area contributed by atoms with Gasteiger partial charge in [0.25, 0.3) is 0 Å². The lowest BCUT2D eigenvalue weighted by molar-refractivity contribution is -0.139. The highest BCUT2D eigenvalue weighted by Gasteiger charge is 2.68. The number of benzene rings is 1. The van der Waals surface area contributed by atoms with Crippen molar-refractivity contribution < 1.29 is 19.4 Å². The Kier molecular flexibility index (Phi) is 3.70. The van der Waals surface area contributed by atoms with Crippen LogP contribution in [-0.4, -0.2) is 23.6 Å². The van der Waals surface area contributed by atoms with Gasteiger partial charge in [-0.2, -0.15) is 0 Å². The average Bonchev–Trinajstić information content (AvgIpc) is 2.78. The van der Waals surface area contributed by atoms with E-state index in [1.165, 1.54) is 0 Å². The zero-order chi connectivity index (χ0) is 15.8. The molecule has 0 aliphatic heterocycles. The van der Waals surface area contributed by atoms with E-state index in [1.807, 2.05) is 0 Å². The predicted molar refractivity (Wildman–Crippen MR) is 79.3 cm³/mol. The van der Waals surface area contributed by atoms with Gasteiger partial charge in [0, 0.05) is 5.92 Å². The summed E-state index contributed by atoms with van der Waals surface area (Å²) in [6, 6.07) is 6.85. The molecule has 1 aliphatic rings. The third-order valence-electron chi connectivity index (χ3n) is 4.78. The molecule has 1 aromatic rings. The maximum absolute atomic E-state index is 12.4. The molecule has 0 saturated heterocycles. The standard InChI is InChI=1S/C16H21NO4/c1-15(2)13(16(15,3)4)14(20)17-10-7-5-6-8-11(10)21-9-12(18)19/h5-8,13H,9H2,1-4H3,(H,17,20)(H,18,19). The van der Waals surface area contributed by atoms with Crippen LogP contribution in [0.5, 0.6) is 5.75 Å². The van der Waals surface area contributed by atoms with Crippen LogP contribution in [0.4, 0.5) is 5.69 Å². The number of aliphatic carboxylic acids is 1. The second kappa shape index (κ2) is 5.06. The summed E-state index contributed by atoms with van der Waals surface area (Å²) in [5, 5.41) is 11.5. The van der Waals surface area contributed by atoms with Crippen LogP contribution >= 0.6 is 0 Å². The van der Waals surface area contributed by atoms with Gasteiger partial charge in [-0.05, 0) is 23.0 Å². The van der Waals surface area contributed by atoms with Crippen LogP contribution in [0.3, 0.4) is 0 Å². The van der Waals surface area contributed by atoms with Gasteiger partial charge in [-0.15, -0.1) is 0 Å². The first-order valence-electron chi connectivity index (χ1n) is 6.92. The number of rotatable bonds is 5. The van der Waals surface area contributed by atoms with Crippen LogP contribution in [0.25, 0.3) is 0 Å². The first-order chi connectivity index (χ1) is 9.68. The molecule has 1 fully saturated rings. The fraction of sp³-hybridized carbons (Fsp3) is 0.500. The van der Waals surface area contributed by atoms with E-state index in [0.717, 1.165) is 0 Å². The Bertz CT molecular complexity index is 563. The van der Waals surface area contributed by atoms with Gasteiger partial charge in [-0.3, -0.25) is 4.79 Å². The number of carboxylic acid groups (broad SMARTS) is 1. The van der Waals surface area contributed by atoms with E-state index >= 15 is 0 Å². The quantitative estimate of drug-likeness (QED) is 0.874. The van der Waals surface area contributed by atoms with Crippen LogP contribution in [0.1, 0.15) is 27.7 Å². The number of anilines is 1. The Hall–Kier alpha value is -2.04. The van der Waals surface area contributed by atoms with Gasteiger partial charge in [0.15, 0.2) is 6.61 Å². The highest BCUT2D eigenvalue weighted by Crippen LogP contribution is 2.68. The summed E-state index contributed by atoms with van der Waals surface area (Å²) in [5.74, 6) is -0.820. The second-order valence-electron chi connectivity index (χ2n) is 6.54. The van der Waals surface area contributed by atoms with E-state index in [9.17, 15) is 9.59 Å². The molecular weight excluding hydrogens is 270 g/mol. The van der Waals surface area contributed by atoms with Gasteiger partial charge >= 0.3 is 5.97 Å². The van der Waals surface area contributed by atoms with E-state index in [4.69, 9.17) is 9.84 Å². The summed E-state index contributed by atoms with van der Waals surface area (Å²) in [6.07, 6.45) is 0. The number of hydrogen-bond acceptors (Lipinski definition) is 3. The van der Waals surface area contributed by atoms with E-state index in [1.54, 1.807) is 24.3 Å². The molecule has 0 spiro atoms. The van der Waals surface area contributed by atoms with E-state index < -0.39 is 12.6 Å². The molecule has 2 rings (SSSR count). The Morgan fingerprint density at radius 3 is 2.29 bits per heavy atom. The van der Waals surface area contributed by atoms with Crippen LogP contribution in [0.2, 0.25) is 0 Å². The Morgan fingerprint density at radius 2 is 1.76 bits per heavy atom. The van der Waals surface area contributed by atoms with Crippen LogP contribution in [0.15, 0.2) is 24.3 Å². The molecule has 5 nitrogen and oxygen atoms in total. The number of carboxylic acids is 1. The Labute approximate surface area is 124 Å². The molecule has 114 valence electrons. The molecule has 0 atom stereocenters. The normalized spacial score (nSPS) is 18.9. The molecule has 0 bridgehead atoms. The van der Waals surface area contributed by atoms with Crippen molar-refractivity contribution >= 4 is 17.6 Å². The van der Waals surface area contributed by atoms with E-state index in [0.29, 0.717) is 11.4 Å². The predicted octanol–water partition coefficient (Wildman–Crippen LogP) is 2.77. The van der Waals surface area contributed by atoms with E-state index in [-0.39, 0.29) is 22.7 Å². The molecule has 1 saturated carbocycles. The minimum absolute atomic E-state index is 0.0477. The van der Waals surface area contributed by atoms with Crippen molar-refractivity contribution in [3.05, 3.63) is 24.3 Å². The molecule has 0 heterocycles. The molecule has 1 aromatic carbocycles. The molecule has 0 unspecified atom stereocenters. The van der Waals surface area contributed by atoms with Crippen molar-refractivity contribution in [2.75, 3.05) is 11.9 Å². The highest BCUT2D eigenvalue weighted by atomic mass is 16.5. The first-order valence-corrected chi connectivity index (χ1v) is 6.92. The topological polar surface area (TPSA) is 75.6 Å². The lowest BCUT2D eigenvalue weighted by Gasteiger charge is -2.12. The average molecular weight is 291 g/mol. The molecule has 21 heavy (non-hydrogen) atoms. The van der Waals surface area contributed by atoms with Gasteiger partial charge in [-0.1, -0.05) is 39.8 Å². The van der Waals surface area contributed by atoms with Gasteiger partial charge in [0.1, 0.15) is 5.75 Å². The smallest absolute Gasteiger partial charge is 0.341 e. The maximum Gasteiger partial charge on any atom is 0.341 e. The van der Waals surface area contributed by atoms with Crippen LogP contribution in [-0.2, 0) is 9.59 Å². The number of nitrogens with one attached hydrogen (secondary N) is 1. The Morgan fingerprint density at radius 1 is 1.19 bits per heavy atom. The van der Waals surface area contributed by atoms with E-state index in [2.05, 4.69) is 33.0 Å². The van der Waals surface area contributed by atoms with Crippen molar-refractivity contribution in [1.29, 1.82) is 0 Å². The minimum atomic E-state index is -1.06. The molecule has 2 N–H and O–H groups in total. The number of hydrogen-bond donors (Lipinski definition) is 2. The van der Waals surface area contributed by atoms with Gasteiger partial charge in [0.2, 0.25) is 5.91 Å². The highest BCUT2D eigenvalue weighted by molar-refractivity contribution is 5.97. The fourth-order valence-electron chi connectivity index (χ4n) is 2.89. The summed E-state index contributed by atoms with van der Waals surface area (Å²) >= 11 is 0. The monoisotopic (exact) mass is 291 g/mol. The zero-order valence-electron chi connectivity index (χ0n) is 12.8. The number of para-hydroxylation sites is 2. The van der Waals surface area contributed by atoms with Crippen molar-refractivity contribution in [2.45, 2.75) is 27.7 Å². The number of ether oxygens (including phenoxy) is 1. The lowest BCUT2D eigenvalue weighted by atomic mass is 10.0. The van der Waals surface area contributed by atoms with Crippen molar-refractivity contribution in [3.63, 3.8) is 0 Å². The minimum Gasteiger partial charge on any atom is -0.480 e. The van der Waals surface area contributed by atoms with Crippen molar-refractivity contribution in [1.82, 2.24) is 0 Å². The van der Waals surface area contributed by atoms with Gasteiger partial charge in [-0.25, -0.2) is 4.79 Å². The summed E-state index contributed by atoms with van der Waals surface area (Å²) in [6.45, 7) is 7.86. The molecule has 1 aliphatic carbocycles. The van der Waals surface area contributed by atoms with Crippen LogP contribution in [0, 0.1) is 16.7 Å². The molecule has 0 aromatic heterocycles. The second-order valence-corrected chi connectivity index (χ2v) is 6.54. The number of carbonyl (C=O) groups is 2. The lowest BCUT2D eigenvalue weighted by Crippen LogP contribution is -2.19. The Balaban J connectivity index is 2.10. The SMILES string of the molecule is CC1(C)C(C(=O)Nc2ccccc2OCC(=O)O)C1(C)C. The summed E-state index contributed by atoms with van der Waals surface area (Å²) in [7, 11) is 0. The molecule has 5 heteroatoms. The summed E-state index contributed by atoms with van der Waals surface area (Å²) in [4.78, 5) is 23.0. The summed E-state index contributed by atoms with van der Waals surface area (Å²) in [5.41, 5.74) is 0.407. The van der Waals surface area contributed by atoms with Gasteiger partial charge < -0.3 is 15.2 Å². The largest absolute Gasteiger partial charge is 0.480 e. The molecular formula is C16H21NO4. The summed E-state index contributed by atoms with van der Waals surface area (Å²) < 4.78 is 5.19. The number of carbonyl (C=O) groups excluding carboxylic acids is 1. The first kappa shape index (κ1) is 15.4. The zero-order valence-corrected chi connectivity index (χ0v) is 12.8. The van der Waals surface area contributed by atoms with Crippen LogP contribution < -0.4 is 10.1 Å². The molecule has 0 radical (unpaired) electrons. The van der Waals surface area contributed by atoms with Crippen molar-refractivity contribution in [2.24, 2.45) is 16.7 Å². The maximum atomic E-state index is 12.4.